The second-order valence-corrected chi connectivity index (χ2v) is 10.8. The van der Waals surface area contributed by atoms with E-state index in [0.29, 0.717) is 37.3 Å². The van der Waals surface area contributed by atoms with E-state index in [1.54, 1.807) is 41.3 Å². The number of nitrogens with one attached hydrogen (secondary N) is 1. The first-order valence-corrected chi connectivity index (χ1v) is 14.0. The number of Topliss-reactive ketones (excluding diaryl/α,β-unsaturated/α-hetero) is 1. The Morgan fingerprint density at radius 2 is 1.73 bits per heavy atom. The zero-order chi connectivity index (χ0) is 28.2. The van der Waals surface area contributed by atoms with Gasteiger partial charge >= 0.3 is 0 Å². The molecule has 2 fully saturated rings. The predicted octanol–water partition coefficient (Wildman–Crippen LogP) is 3.27. The van der Waals surface area contributed by atoms with E-state index in [4.69, 9.17) is 4.74 Å². The number of methoxy groups -OCH3 is 1. The van der Waals surface area contributed by atoms with Crippen molar-refractivity contribution in [2.45, 2.75) is 18.0 Å². The first kappa shape index (κ1) is 27.6. The molecule has 0 spiro atoms. The Morgan fingerprint density at radius 1 is 1.02 bits per heavy atom. The highest BCUT2D eigenvalue weighted by molar-refractivity contribution is 7.10. The van der Waals surface area contributed by atoms with Crippen molar-refractivity contribution in [3.8, 4) is 0 Å². The quantitative estimate of drug-likeness (QED) is 0.254. The van der Waals surface area contributed by atoms with Crippen molar-refractivity contribution in [3.05, 3.63) is 98.2 Å². The van der Waals surface area contributed by atoms with Crippen LogP contribution in [0.3, 0.4) is 0 Å². The maximum atomic E-state index is 14.4. The number of non-ortho nitro benzene ring substituents is 1. The molecular formula is C29H30N4O6S. The molecule has 2 saturated heterocycles. The Labute approximate surface area is 235 Å². The number of rotatable bonds is 8. The van der Waals surface area contributed by atoms with Crippen LogP contribution in [0, 0.1) is 16.0 Å². The molecule has 11 heteroatoms. The molecule has 2 aliphatic rings. The SMILES string of the molecule is COCC(=O)N1C(C(=O)N2CCNCC2)C(c2ccc([N+](=O)[O-])cc2)C(C(=O)c2ccccc2)C1c1cccs1. The minimum Gasteiger partial charge on any atom is -0.375 e. The average Bonchev–Trinajstić information content (AvgIpc) is 3.64. The van der Waals surface area contributed by atoms with E-state index >= 15 is 0 Å². The number of carbonyl (C=O) groups is 3. The third-order valence-electron chi connectivity index (χ3n) is 7.59. The molecule has 4 unspecified atom stereocenters. The van der Waals surface area contributed by atoms with Crippen LogP contribution in [0.1, 0.15) is 32.8 Å². The van der Waals surface area contributed by atoms with Crippen molar-refractivity contribution < 1.29 is 24.0 Å². The third-order valence-corrected chi connectivity index (χ3v) is 8.53. The summed E-state index contributed by atoms with van der Waals surface area (Å²) in [4.78, 5) is 57.5. The molecule has 2 amide bonds. The van der Waals surface area contributed by atoms with E-state index < -0.39 is 34.7 Å². The molecule has 1 N–H and O–H groups in total. The van der Waals surface area contributed by atoms with E-state index in [1.165, 1.54) is 35.5 Å². The summed E-state index contributed by atoms with van der Waals surface area (Å²) >= 11 is 1.42. The molecule has 2 aliphatic heterocycles. The summed E-state index contributed by atoms with van der Waals surface area (Å²) in [5.41, 5.74) is 0.956. The summed E-state index contributed by atoms with van der Waals surface area (Å²) in [5, 5.41) is 16.5. The molecule has 4 atom stereocenters. The summed E-state index contributed by atoms with van der Waals surface area (Å²) in [5.74, 6) is -2.42. The number of carbonyl (C=O) groups excluding carboxylic acids is 3. The number of likely N-dealkylation sites (tertiary alicyclic amines) is 1. The van der Waals surface area contributed by atoms with Gasteiger partial charge in [0.25, 0.3) is 5.69 Å². The monoisotopic (exact) mass is 562 g/mol. The van der Waals surface area contributed by atoms with Gasteiger partial charge in [-0.3, -0.25) is 24.5 Å². The number of nitrogens with zero attached hydrogens (tertiary/aromatic N) is 3. The molecule has 1 aromatic heterocycles. The van der Waals surface area contributed by atoms with Gasteiger partial charge in [0.1, 0.15) is 12.6 Å². The number of hydrogen-bond acceptors (Lipinski definition) is 8. The van der Waals surface area contributed by atoms with Crippen LogP contribution in [-0.4, -0.2) is 78.3 Å². The molecule has 10 nitrogen and oxygen atoms in total. The Balaban J connectivity index is 1.72. The van der Waals surface area contributed by atoms with Gasteiger partial charge in [-0.05, 0) is 17.0 Å². The van der Waals surface area contributed by atoms with Crippen LogP contribution in [0.25, 0.3) is 0 Å². The Hall–Kier alpha value is -3.93. The van der Waals surface area contributed by atoms with Crippen LogP contribution < -0.4 is 5.32 Å². The molecule has 40 heavy (non-hydrogen) atoms. The van der Waals surface area contributed by atoms with Gasteiger partial charge in [-0.1, -0.05) is 48.5 Å². The topological polar surface area (TPSA) is 122 Å². The van der Waals surface area contributed by atoms with Crippen LogP contribution >= 0.6 is 11.3 Å². The van der Waals surface area contributed by atoms with Crippen LogP contribution in [-0.2, 0) is 14.3 Å². The molecule has 0 saturated carbocycles. The minimum absolute atomic E-state index is 0.0974. The number of ketones is 1. The van der Waals surface area contributed by atoms with E-state index in [1.807, 2.05) is 23.6 Å². The molecule has 3 aromatic rings. The fourth-order valence-corrected chi connectivity index (χ4v) is 6.72. The largest absolute Gasteiger partial charge is 0.375 e. The zero-order valence-electron chi connectivity index (χ0n) is 22.0. The summed E-state index contributed by atoms with van der Waals surface area (Å²) in [6, 6.07) is 16.8. The number of benzene rings is 2. The van der Waals surface area contributed by atoms with E-state index in [0.717, 1.165) is 4.88 Å². The summed E-state index contributed by atoms with van der Waals surface area (Å²) < 4.78 is 5.24. The van der Waals surface area contributed by atoms with Gasteiger partial charge in [0.05, 0.1) is 16.9 Å². The summed E-state index contributed by atoms with van der Waals surface area (Å²) in [6.45, 7) is 1.92. The van der Waals surface area contributed by atoms with Crippen LogP contribution in [0.2, 0.25) is 0 Å². The lowest BCUT2D eigenvalue weighted by molar-refractivity contribution is -0.384. The molecular weight excluding hydrogens is 532 g/mol. The van der Waals surface area contributed by atoms with E-state index in [2.05, 4.69) is 5.32 Å². The highest BCUT2D eigenvalue weighted by Crippen LogP contribution is 2.52. The van der Waals surface area contributed by atoms with Gasteiger partial charge in [0.15, 0.2) is 5.78 Å². The maximum absolute atomic E-state index is 14.4. The lowest BCUT2D eigenvalue weighted by Crippen LogP contribution is -2.55. The number of nitro groups is 1. The first-order valence-electron chi connectivity index (χ1n) is 13.1. The smallest absolute Gasteiger partial charge is 0.269 e. The van der Waals surface area contributed by atoms with Gasteiger partial charge in [0.2, 0.25) is 11.8 Å². The van der Waals surface area contributed by atoms with Crippen molar-refractivity contribution in [1.29, 1.82) is 0 Å². The third kappa shape index (κ3) is 5.27. The van der Waals surface area contributed by atoms with Crippen molar-refractivity contribution in [3.63, 3.8) is 0 Å². The lowest BCUT2D eigenvalue weighted by Gasteiger charge is -2.36. The molecule has 0 radical (unpaired) electrons. The fourth-order valence-electron chi connectivity index (χ4n) is 5.85. The Kier molecular flexibility index (Phi) is 8.34. The Bertz CT molecular complexity index is 1360. The van der Waals surface area contributed by atoms with Gasteiger partial charge in [-0.25, -0.2) is 0 Å². The highest BCUT2D eigenvalue weighted by Gasteiger charge is 2.58. The first-order chi connectivity index (χ1) is 19.4. The molecule has 2 aromatic carbocycles. The molecule has 0 aliphatic carbocycles. The average molecular weight is 563 g/mol. The second kappa shape index (κ2) is 12.1. The van der Waals surface area contributed by atoms with Gasteiger partial charge in [-0.2, -0.15) is 0 Å². The number of hydrogen-bond donors (Lipinski definition) is 1. The number of ether oxygens (including phenoxy) is 1. The van der Waals surface area contributed by atoms with E-state index in [9.17, 15) is 24.5 Å². The van der Waals surface area contributed by atoms with Gasteiger partial charge < -0.3 is 19.9 Å². The van der Waals surface area contributed by atoms with Crippen molar-refractivity contribution in [2.75, 3.05) is 39.9 Å². The number of piperazine rings is 1. The molecule has 5 rings (SSSR count). The number of amides is 2. The van der Waals surface area contributed by atoms with E-state index in [-0.39, 0.29) is 24.0 Å². The predicted molar refractivity (Wildman–Crippen MR) is 149 cm³/mol. The fraction of sp³-hybridized carbons (Fsp3) is 0.345. The molecule has 3 heterocycles. The standard InChI is InChI=1S/C29H30N4O6S/c1-39-18-23(34)32-26(22-8-5-17-40-22)25(28(35)20-6-3-2-4-7-20)24(19-9-11-21(12-10-19)33(37)38)27(32)29(36)31-15-13-30-14-16-31/h2-12,17,24-27,30H,13-16,18H2,1H3. The Morgan fingerprint density at radius 3 is 2.33 bits per heavy atom. The number of thiophene rings is 1. The molecule has 0 bridgehead atoms. The van der Waals surface area contributed by atoms with Crippen molar-refractivity contribution >= 4 is 34.6 Å². The zero-order valence-corrected chi connectivity index (χ0v) is 22.8. The number of nitro benzene ring substituents is 1. The van der Waals surface area contributed by atoms with Crippen LogP contribution in [0.5, 0.6) is 0 Å². The minimum atomic E-state index is -1.01. The maximum Gasteiger partial charge on any atom is 0.269 e. The highest BCUT2D eigenvalue weighted by atomic mass is 32.1. The van der Waals surface area contributed by atoms with Crippen LogP contribution in [0.15, 0.2) is 72.1 Å². The van der Waals surface area contributed by atoms with Crippen LogP contribution in [0.4, 0.5) is 5.69 Å². The lowest BCUT2D eigenvalue weighted by atomic mass is 9.77. The summed E-state index contributed by atoms with van der Waals surface area (Å²) in [6.07, 6.45) is 0. The summed E-state index contributed by atoms with van der Waals surface area (Å²) in [7, 11) is 1.42. The molecule has 208 valence electrons. The van der Waals surface area contributed by atoms with Gasteiger partial charge in [-0.15, -0.1) is 11.3 Å². The second-order valence-electron chi connectivity index (χ2n) is 9.84. The van der Waals surface area contributed by atoms with Crippen molar-refractivity contribution in [2.24, 2.45) is 5.92 Å². The normalized spacial score (nSPS) is 22.7. The van der Waals surface area contributed by atoms with Crippen molar-refractivity contribution in [1.82, 2.24) is 15.1 Å². The van der Waals surface area contributed by atoms with Gasteiger partial charge in [0, 0.05) is 61.8 Å².